The summed E-state index contributed by atoms with van der Waals surface area (Å²) in [5.74, 6) is 1.09. The van der Waals surface area contributed by atoms with Crippen molar-refractivity contribution in [3.8, 4) is 17.2 Å². The highest BCUT2D eigenvalue weighted by Crippen LogP contribution is 2.29. The van der Waals surface area contributed by atoms with E-state index in [0.29, 0.717) is 17.1 Å². The third-order valence-corrected chi connectivity index (χ3v) is 2.43. The third kappa shape index (κ3) is 1.22. The molecule has 0 saturated carbocycles. The van der Waals surface area contributed by atoms with Crippen LogP contribution in [0.3, 0.4) is 0 Å². The molecule has 5 nitrogen and oxygen atoms in total. The number of para-hydroxylation sites is 1. The van der Waals surface area contributed by atoms with Crippen LogP contribution in [0.5, 0.6) is 5.75 Å². The van der Waals surface area contributed by atoms with Crippen molar-refractivity contribution in [1.82, 2.24) is 10.1 Å². The Labute approximate surface area is 90.5 Å². The van der Waals surface area contributed by atoms with Crippen molar-refractivity contribution in [2.24, 2.45) is 0 Å². The predicted molar refractivity (Wildman–Crippen MR) is 59.9 cm³/mol. The van der Waals surface area contributed by atoms with Crippen LogP contribution in [0.25, 0.3) is 22.4 Å². The maximum Gasteiger partial charge on any atom is 0.185 e. The number of aromatic amines is 1. The van der Waals surface area contributed by atoms with E-state index in [2.05, 4.69) is 10.1 Å². The number of aromatic nitrogens is 2. The molecule has 2 aromatic heterocycles. The molecule has 3 rings (SSSR count). The Morgan fingerprint density at radius 3 is 2.88 bits per heavy atom. The molecule has 0 aliphatic rings. The number of hydrogen-bond acceptors (Lipinski definition) is 4. The van der Waals surface area contributed by atoms with Crippen LogP contribution in [0, 0.1) is 0 Å². The van der Waals surface area contributed by atoms with Crippen molar-refractivity contribution >= 4 is 16.7 Å². The van der Waals surface area contributed by atoms with Gasteiger partial charge in [0.25, 0.3) is 0 Å². The molecule has 0 radical (unpaired) electrons. The summed E-state index contributed by atoms with van der Waals surface area (Å²) in [5.41, 5.74) is 6.88. The van der Waals surface area contributed by atoms with Crippen molar-refractivity contribution in [3.05, 3.63) is 30.3 Å². The van der Waals surface area contributed by atoms with Gasteiger partial charge in [-0.3, -0.25) is 0 Å². The first kappa shape index (κ1) is 8.84. The van der Waals surface area contributed by atoms with E-state index < -0.39 is 0 Å². The second kappa shape index (κ2) is 3.03. The van der Waals surface area contributed by atoms with Crippen LogP contribution in [0.1, 0.15) is 0 Å². The maximum atomic E-state index is 9.63. The first-order valence-electron chi connectivity index (χ1n) is 4.77. The quantitative estimate of drug-likeness (QED) is 0.580. The Kier molecular flexibility index (Phi) is 1.67. The van der Waals surface area contributed by atoms with Crippen LogP contribution >= 0.6 is 0 Å². The van der Waals surface area contributed by atoms with Crippen molar-refractivity contribution in [3.63, 3.8) is 0 Å². The molecule has 80 valence electrons. The molecule has 0 atom stereocenters. The summed E-state index contributed by atoms with van der Waals surface area (Å²) >= 11 is 0. The Morgan fingerprint density at radius 2 is 2.19 bits per heavy atom. The average molecular weight is 215 g/mol. The molecule has 5 heteroatoms. The molecular weight excluding hydrogens is 206 g/mol. The predicted octanol–water partition coefficient (Wildman–Crippen LogP) is 2.11. The van der Waals surface area contributed by atoms with Gasteiger partial charge in [0.15, 0.2) is 11.6 Å². The van der Waals surface area contributed by atoms with Crippen molar-refractivity contribution in [2.45, 2.75) is 0 Å². The van der Waals surface area contributed by atoms with E-state index >= 15 is 0 Å². The minimum absolute atomic E-state index is 0.205. The molecular formula is C11H9N3O2. The average Bonchev–Trinajstić information content (AvgIpc) is 2.84. The summed E-state index contributed by atoms with van der Waals surface area (Å²) in [5, 5.41) is 14.1. The number of benzene rings is 1. The van der Waals surface area contributed by atoms with Gasteiger partial charge in [0, 0.05) is 11.5 Å². The molecule has 0 unspecified atom stereocenters. The molecule has 0 bridgehead atoms. The summed E-state index contributed by atoms with van der Waals surface area (Å²) in [6.07, 6.45) is 0. The molecule has 4 N–H and O–H groups in total. The molecule has 0 aliphatic heterocycles. The highest BCUT2D eigenvalue weighted by atomic mass is 16.5. The number of phenolic OH excluding ortho intramolecular Hbond substituents is 1. The number of fused-ring (bicyclic) bond motifs is 1. The lowest BCUT2D eigenvalue weighted by Gasteiger charge is -1.92. The van der Waals surface area contributed by atoms with Crippen LogP contribution in [0.2, 0.25) is 0 Å². The lowest BCUT2D eigenvalue weighted by Crippen LogP contribution is -1.79. The van der Waals surface area contributed by atoms with E-state index in [0.717, 1.165) is 11.1 Å². The fourth-order valence-corrected chi connectivity index (χ4v) is 1.69. The number of phenols is 1. The van der Waals surface area contributed by atoms with Gasteiger partial charge < -0.3 is 20.3 Å². The topological polar surface area (TPSA) is 88.1 Å². The van der Waals surface area contributed by atoms with E-state index in [4.69, 9.17) is 10.3 Å². The Balaban J connectivity index is 2.22. The highest BCUT2D eigenvalue weighted by molar-refractivity contribution is 5.89. The van der Waals surface area contributed by atoms with Crippen molar-refractivity contribution in [2.75, 3.05) is 5.73 Å². The van der Waals surface area contributed by atoms with Crippen LogP contribution in [0.4, 0.5) is 5.82 Å². The van der Waals surface area contributed by atoms with Gasteiger partial charge in [-0.25, -0.2) is 0 Å². The minimum Gasteiger partial charge on any atom is -0.506 e. The Hall–Kier alpha value is -2.43. The van der Waals surface area contributed by atoms with Gasteiger partial charge in [0.1, 0.15) is 5.75 Å². The van der Waals surface area contributed by atoms with Crippen LogP contribution in [0.15, 0.2) is 34.9 Å². The second-order valence-electron chi connectivity index (χ2n) is 3.54. The van der Waals surface area contributed by atoms with Gasteiger partial charge in [0.05, 0.1) is 11.2 Å². The number of nitrogens with zero attached hydrogens (tertiary/aromatic N) is 1. The number of nitrogens with two attached hydrogens (primary N) is 1. The van der Waals surface area contributed by atoms with Gasteiger partial charge in [-0.1, -0.05) is 17.3 Å². The monoisotopic (exact) mass is 215 g/mol. The Morgan fingerprint density at radius 1 is 1.31 bits per heavy atom. The highest BCUT2D eigenvalue weighted by Gasteiger charge is 2.09. The zero-order valence-electron chi connectivity index (χ0n) is 8.27. The normalized spacial score (nSPS) is 11.0. The minimum atomic E-state index is 0.205. The first-order chi connectivity index (χ1) is 7.74. The molecule has 1 aromatic carbocycles. The lowest BCUT2D eigenvalue weighted by molar-refractivity contribution is 0.435. The number of rotatable bonds is 1. The first-order valence-corrected chi connectivity index (χ1v) is 4.77. The number of H-pyrrole nitrogens is 1. The fourth-order valence-electron chi connectivity index (χ4n) is 1.69. The number of anilines is 1. The number of nitrogen functional groups attached to an aromatic ring is 1. The van der Waals surface area contributed by atoms with E-state index in [1.807, 2.05) is 12.1 Å². The number of aromatic hydroxyl groups is 1. The maximum absolute atomic E-state index is 9.63. The summed E-state index contributed by atoms with van der Waals surface area (Å²) in [7, 11) is 0. The second-order valence-corrected chi connectivity index (χ2v) is 3.54. The molecule has 0 saturated heterocycles. The Bertz CT molecular complexity index is 654. The van der Waals surface area contributed by atoms with Crippen molar-refractivity contribution in [1.29, 1.82) is 0 Å². The summed E-state index contributed by atoms with van der Waals surface area (Å²) in [4.78, 5) is 3.05. The third-order valence-electron chi connectivity index (χ3n) is 2.43. The summed E-state index contributed by atoms with van der Waals surface area (Å²) in [6, 6.07) is 8.80. The summed E-state index contributed by atoms with van der Waals surface area (Å²) < 4.78 is 5.03. The zero-order valence-corrected chi connectivity index (χ0v) is 8.27. The van der Waals surface area contributed by atoms with Gasteiger partial charge in [-0.05, 0) is 12.1 Å². The SMILES string of the molecule is Nc1cc(-c2cc3cccc(O)c3[nH]2)on1. The summed E-state index contributed by atoms with van der Waals surface area (Å²) in [6.45, 7) is 0. The molecule has 0 aliphatic carbocycles. The lowest BCUT2D eigenvalue weighted by atomic mass is 10.2. The molecule has 0 spiro atoms. The van der Waals surface area contributed by atoms with Gasteiger partial charge >= 0.3 is 0 Å². The van der Waals surface area contributed by atoms with E-state index in [9.17, 15) is 5.11 Å². The standard InChI is InChI=1S/C11H9N3O2/c12-10-5-9(16-14-10)7-4-6-2-1-3-8(15)11(6)13-7/h1-5,13,15H,(H2,12,14). The number of hydrogen-bond donors (Lipinski definition) is 3. The van der Waals surface area contributed by atoms with Gasteiger partial charge in [0.2, 0.25) is 0 Å². The van der Waals surface area contributed by atoms with Crippen LogP contribution < -0.4 is 5.73 Å². The largest absolute Gasteiger partial charge is 0.506 e. The molecule has 2 heterocycles. The van der Waals surface area contributed by atoms with Gasteiger partial charge in [-0.15, -0.1) is 0 Å². The molecule has 0 amide bonds. The molecule has 16 heavy (non-hydrogen) atoms. The van der Waals surface area contributed by atoms with E-state index in [-0.39, 0.29) is 5.75 Å². The molecule has 0 fully saturated rings. The van der Waals surface area contributed by atoms with Gasteiger partial charge in [-0.2, -0.15) is 0 Å². The van der Waals surface area contributed by atoms with Crippen LogP contribution in [-0.2, 0) is 0 Å². The van der Waals surface area contributed by atoms with E-state index in [1.165, 1.54) is 0 Å². The number of nitrogens with one attached hydrogen (secondary N) is 1. The van der Waals surface area contributed by atoms with E-state index in [1.54, 1.807) is 18.2 Å². The molecule has 3 aromatic rings. The fraction of sp³-hybridized carbons (Fsp3) is 0. The van der Waals surface area contributed by atoms with Crippen LogP contribution in [-0.4, -0.2) is 15.2 Å². The smallest absolute Gasteiger partial charge is 0.185 e. The van der Waals surface area contributed by atoms with Crippen molar-refractivity contribution < 1.29 is 9.63 Å². The zero-order chi connectivity index (χ0) is 11.1.